The van der Waals surface area contributed by atoms with E-state index < -0.39 is 6.04 Å². The molecule has 5 rings (SSSR count). The molecule has 0 bridgehead atoms. The van der Waals surface area contributed by atoms with E-state index >= 15 is 0 Å². The Morgan fingerprint density at radius 3 is 2.44 bits per heavy atom. The minimum absolute atomic E-state index is 0.0139. The zero-order valence-corrected chi connectivity index (χ0v) is 19.7. The summed E-state index contributed by atoms with van der Waals surface area (Å²) < 4.78 is 5.97. The third kappa shape index (κ3) is 3.26. The van der Waals surface area contributed by atoms with Gasteiger partial charge in [0, 0.05) is 10.4 Å². The normalized spacial score (nSPS) is 16.1. The van der Waals surface area contributed by atoms with Crippen LogP contribution in [0.2, 0.25) is 5.02 Å². The first-order valence-corrected chi connectivity index (χ1v) is 11.5. The summed E-state index contributed by atoms with van der Waals surface area (Å²) in [6.45, 7) is 8.31. The summed E-state index contributed by atoms with van der Waals surface area (Å²) in [5, 5.41) is 3.21. The van der Waals surface area contributed by atoms with Gasteiger partial charge in [-0.3, -0.25) is 14.5 Å². The highest BCUT2D eigenvalue weighted by Gasteiger charge is 2.44. The summed E-state index contributed by atoms with van der Waals surface area (Å²) in [6, 6.07) is 12.3. The maximum atomic E-state index is 13.6. The quantitative estimate of drug-likeness (QED) is 0.351. The van der Waals surface area contributed by atoms with Crippen LogP contribution in [0.25, 0.3) is 11.0 Å². The molecule has 0 aliphatic carbocycles. The molecule has 0 radical (unpaired) electrons. The van der Waals surface area contributed by atoms with Crippen molar-refractivity contribution in [3.05, 3.63) is 91.2 Å². The van der Waals surface area contributed by atoms with Crippen LogP contribution in [0, 0.1) is 6.92 Å². The molecular formula is C25H21ClN2O3S. The molecule has 3 heterocycles. The van der Waals surface area contributed by atoms with Gasteiger partial charge in [-0.25, -0.2) is 4.98 Å². The van der Waals surface area contributed by atoms with Crippen molar-refractivity contribution in [2.75, 3.05) is 4.90 Å². The first-order chi connectivity index (χ1) is 15.1. The van der Waals surface area contributed by atoms with Gasteiger partial charge in [-0.1, -0.05) is 56.6 Å². The fourth-order valence-corrected chi connectivity index (χ4v) is 5.07. The van der Waals surface area contributed by atoms with E-state index in [9.17, 15) is 9.59 Å². The molecule has 0 saturated carbocycles. The van der Waals surface area contributed by atoms with Crippen LogP contribution in [0.1, 0.15) is 59.8 Å². The number of benzene rings is 2. The molecule has 2 aromatic heterocycles. The van der Waals surface area contributed by atoms with Crippen molar-refractivity contribution in [3.8, 4) is 0 Å². The highest BCUT2D eigenvalue weighted by molar-refractivity contribution is 7.14. The second-order valence-corrected chi connectivity index (χ2v) is 10.3. The smallest absolute Gasteiger partial charge is 0.297 e. The number of hydrogen-bond acceptors (Lipinski definition) is 5. The molecule has 1 amide bonds. The van der Waals surface area contributed by atoms with Crippen LogP contribution in [0.15, 0.2) is 57.1 Å². The van der Waals surface area contributed by atoms with E-state index in [0.717, 1.165) is 11.3 Å². The predicted octanol–water partition coefficient (Wildman–Crippen LogP) is 6.26. The minimum atomic E-state index is -0.628. The monoisotopic (exact) mass is 464 g/mol. The Kier molecular flexibility index (Phi) is 4.76. The van der Waals surface area contributed by atoms with Gasteiger partial charge in [0.2, 0.25) is 5.76 Å². The lowest BCUT2D eigenvalue weighted by Crippen LogP contribution is -2.29. The molecule has 7 heteroatoms. The third-order valence-electron chi connectivity index (χ3n) is 5.74. The molecule has 0 N–H and O–H groups in total. The van der Waals surface area contributed by atoms with Gasteiger partial charge >= 0.3 is 0 Å². The average molecular weight is 465 g/mol. The summed E-state index contributed by atoms with van der Waals surface area (Å²) in [5.74, 6) is -0.309. The lowest BCUT2D eigenvalue weighted by atomic mass is 9.86. The maximum absolute atomic E-state index is 13.6. The van der Waals surface area contributed by atoms with E-state index in [4.69, 9.17) is 16.0 Å². The number of carbonyl (C=O) groups excluding carboxylic acids is 1. The molecule has 162 valence electrons. The van der Waals surface area contributed by atoms with Crippen LogP contribution in [0.4, 0.5) is 5.13 Å². The van der Waals surface area contributed by atoms with E-state index in [1.807, 2.05) is 36.6 Å². The molecule has 0 saturated heterocycles. The second-order valence-electron chi connectivity index (χ2n) is 9.04. The summed E-state index contributed by atoms with van der Waals surface area (Å²) in [4.78, 5) is 33.2. The van der Waals surface area contributed by atoms with Gasteiger partial charge in [-0.2, -0.15) is 0 Å². The highest BCUT2D eigenvalue weighted by atomic mass is 35.5. The van der Waals surface area contributed by atoms with Crippen LogP contribution in [-0.4, -0.2) is 10.9 Å². The Hall–Kier alpha value is -2.96. The minimum Gasteiger partial charge on any atom is -0.450 e. The Morgan fingerprint density at radius 2 is 1.81 bits per heavy atom. The molecule has 1 aliphatic heterocycles. The zero-order chi connectivity index (χ0) is 22.8. The van der Waals surface area contributed by atoms with E-state index in [0.29, 0.717) is 26.7 Å². The number of thiazole rings is 1. The highest BCUT2D eigenvalue weighted by Crippen LogP contribution is 2.42. The lowest BCUT2D eigenvalue weighted by molar-refractivity contribution is 0.0971. The number of halogens is 1. The van der Waals surface area contributed by atoms with Crippen LogP contribution < -0.4 is 10.3 Å². The SMILES string of the molecule is Cc1csc(N2C(=O)c3oc4ccc(Cl)cc4c(=O)c3[C@@H]2c2ccc(C(C)(C)C)cc2)n1. The number of hydrogen-bond donors (Lipinski definition) is 0. The zero-order valence-electron chi connectivity index (χ0n) is 18.1. The van der Waals surface area contributed by atoms with E-state index in [1.54, 1.807) is 23.1 Å². The summed E-state index contributed by atoms with van der Waals surface area (Å²) in [6.07, 6.45) is 0. The van der Waals surface area contributed by atoms with Crippen molar-refractivity contribution in [1.29, 1.82) is 0 Å². The maximum Gasteiger partial charge on any atom is 0.297 e. The number of aromatic nitrogens is 1. The van der Waals surface area contributed by atoms with Gasteiger partial charge in [-0.05, 0) is 41.7 Å². The second kappa shape index (κ2) is 7.29. The van der Waals surface area contributed by atoms with Crippen molar-refractivity contribution >= 4 is 44.9 Å². The van der Waals surface area contributed by atoms with Crippen molar-refractivity contribution in [2.24, 2.45) is 0 Å². The van der Waals surface area contributed by atoms with E-state index in [2.05, 4.69) is 25.8 Å². The first-order valence-electron chi connectivity index (χ1n) is 10.3. The van der Waals surface area contributed by atoms with Gasteiger partial charge in [0.1, 0.15) is 5.58 Å². The molecule has 0 spiro atoms. The van der Waals surface area contributed by atoms with Crippen molar-refractivity contribution in [1.82, 2.24) is 4.98 Å². The Bertz CT molecular complexity index is 1430. The summed E-state index contributed by atoms with van der Waals surface area (Å²) in [7, 11) is 0. The number of amides is 1. The van der Waals surface area contributed by atoms with Crippen LogP contribution >= 0.6 is 22.9 Å². The fourth-order valence-electron chi connectivity index (χ4n) is 4.08. The molecule has 0 fully saturated rings. The molecule has 1 atom stereocenters. The van der Waals surface area contributed by atoms with Crippen molar-refractivity contribution < 1.29 is 9.21 Å². The number of aryl methyl sites for hydroxylation is 1. The number of rotatable bonds is 2. The molecule has 4 aromatic rings. The Morgan fingerprint density at radius 1 is 1.09 bits per heavy atom. The van der Waals surface area contributed by atoms with Gasteiger partial charge in [0.05, 0.1) is 22.7 Å². The van der Waals surface area contributed by atoms with Gasteiger partial charge in [0.25, 0.3) is 5.91 Å². The lowest BCUT2D eigenvalue weighted by Gasteiger charge is -2.24. The molecule has 2 aromatic carbocycles. The van der Waals surface area contributed by atoms with Crippen molar-refractivity contribution in [2.45, 2.75) is 39.2 Å². The largest absolute Gasteiger partial charge is 0.450 e. The van der Waals surface area contributed by atoms with Crippen LogP contribution in [0.3, 0.4) is 0 Å². The van der Waals surface area contributed by atoms with Crippen LogP contribution in [0.5, 0.6) is 0 Å². The Labute approximate surface area is 194 Å². The molecule has 32 heavy (non-hydrogen) atoms. The topological polar surface area (TPSA) is 63.4 Å². The van der Waals surface area contributed by atoms with Crippen LogP contribution in [-0.2, 0) is 5.41 Å². The number of carbonyl (C=O) groups is 1. The standard InChI is InChI=1S/C25H21ClN2O3S/c1-13-12-32-24(27-13)28-20(14-5-7-15(8-6-14)25(2,3)4)19-21(29)17-11-16(26)9-10-18(17)31-22(19)23(28)30/h5-12,20H,1-4H3/t20-/m0/s1. The molecule has 1 aliphatic rings. The molecule has 5 nitrogen and oxygen atoms in total. The first kappa shape index (κ1) is 20.9. The van der Waals surface area contributed by atoms with E-state index in [-0.39, 0.29) is 22.5 Å². The summed E-state index contributed by atoms with van der Waals surface area (Å²) in [5.41, 5.74) is 3.20. The van der Waals surface area contributed by atoms with E-state index in [1.165, 1.54) is 16.9 Å². The number of nitrogens with zero attached hydrogens (tertiary/aromatic N) is 2. The van der Waals surface area contributed by atoms with Crippen molar-refractivity contribution in [3.63, 3.8) is 0 Å². The Balaban J connectivity index is 1.77. The number of anilines is 1. The van der Waals surface area contributed by atoms with Gasteiger partial charge < -0.3 is 4.42 Å². The molecular weight excluding hydrogens is 444 g/mol. The predicted molar refractivity (Wildman–Crippen MR) is 128 cm³/mol. The third-order valence-corrected chi connectivity index (χ3v) is 6.93. The molecule has 0 unspecified atom stereocenters. The average Bonchev–Trinajstić information content (AvgIpc) is 3.29. The fraction of sp³-hybridized carbons (Fsp3) is 0.240. The van der Waals surface area contributed by atoms with Gasteiger partial charge in [0.15, 0.2) is 10.6 Å². The van der Waals surface area contributed by atoms with Gasteiger partial charge in [-0.15, -0.1) is 11.3 Å². The number of fused-ring (bicyclic) bond motifs is 2. The summed E-state index contributed by atoms with van der Waals surface area (Å²) >= 11 is 7.51.